The molecule has 5 aromatic rings. The molecule has 0 amide bonds. The molecule has 0 aliphatic carbocycles. The van der Waals surface area contributed by atoms with Gasteiger partial charge in [0.05, 0.1) is 35.1 Å². The van der Waals surface area contributed by atoms with Gasteiger partial charge in [-0.3, -0.25) is 4.40 Å². The molecule has 0 spiro atoms. The lowest BCUT2D eigenvalue weighted by Crippen LogP contribution is -2.07. The lowest BCUT2D eigenvalue weighted by molar-refractivity contribution is 0.628. The third kappa shape index (κ3) is 3.35. The van der Waals surface area contributed by atoms with Crippen LogP contribution in [0, 0.1) is 5.82 Å². The van der Waals surface area contributed by atoms with E-state index in [4.69, 9.17) is 11.6 Å². The van der Waals surface area contributed by atoms with E-state index in [2.05, 4.69) is 30.2 Å². The van der Waals surface area contributed by atoms with E-state index in [-0.39, 0.29) is 5.82 Å². The topological polar surface area (TPSA) is 83.8 Å². The number of H-pyrrole nitrogens is 1. The van der Waals surface area contributed by atoms with Gasteiger partial charge in [-0.2, -0.15) is 0 Å². The fraction of sp³-hybridized carbons (Fsp3) is 0.143. The molecule has 30 heavy (non-hydrogen) atoms. The summed E-state index contributed by atoms with van der Waals surface area (Å²) < 4.78 is 15.8. The fourth-order valence-electron chi connectivity index (χ4n) is 3.64. The number of nitrogens with zero attached hydrogens (tertiary/aromatic N) is 5. The zero-order valence-corrected chi connectivity index (χ0v) is 16.6. The first-order valence-corrected chi connectivity index (χ1v) is 9.86. The van der Waals surface area contributed by atoms with Gasteiger partial charge in [0.15, 0.2) is 11.5 Å². The molecule has 9 heteroatoms. The zero-order valence-electron chi connectivity index (χ0n) is 15.8. The molecule has 0 unspecified atom stereocenters. The number of aromatic amines is 1. The molecule has 4 heterocycles. The molecular weight excluding hydrogens is 405 g/mol. The highest BCUT2D eigenvalue weighted by Gasteiger charge is 2.14. The summed E-state index contributed by atoms with van der Waals surface area (Å²) in [6.45, 7) is 0.688. The van der Waals surface area contributed by atoms with E-state index in [0.29, 0.717) is 23.0 Å². The molecule has 4 aromatic heterocycles. The van der Waals surface area contributed by atoms with Crippen LogP contribution in [0.3, 0.4) is 0 Å². The Labute approximate surface area is 176 Å². The molecule has 0 atom stereocenters. The molecular formula is C21H17ClFN7. The number of nitrogens with one attached hydrogen (secondary N) is 2. The number of halogens is 2. The number of hydrogen-bond acceptors (Lipinski definition) is 5. The summed E-state index contributed by atoms with van der Waals surface area (Å²) in [4.78, 5) is 19.8. The normalized spacial score (nSPS) is 11.4. The molecule has 7 nitrogen and oxygen atoms in total. The van der Waals surface area contributed by atoms with Crippen LogP contribution < -0.4 is 5.32 Å². The maximum absolute atomic E-state index is 13.9. The Morgan fingerprint density at radius 1 is 1.17 bits per heavy atom. The standard InChI is InChI=1S/C21H17ClFN7/c22-16-8-14(4-2-6-25-20-18-21(27-10-26-18)29-11-28-20)19(30-12-24-9-17(16)30)13-3-1-5-15(23)7-13/h1,3,5,7-12H,2,4,6H2,(H2,25,26,27,28,29). The minimum Gasteiger partial charge on any atom is -0.368 e. The minimum absolute atomic E-state index is 0.282. The zero-order chi connectivity index (χ0) is 20.5. The molecule has 0 radical (unpaired) electrons. The summed E-state index contributed by atoms with van der Waals surface area (Å²) >= 11 is 6.48. The second-order valence-electron chi connectivity index (χ2n) is 6.88. The fourth-order valence-corrected chi connectivity index (χ4v) is 3.91. The SMILES string of the molecule is Fc1cccc(-c2c(CCCNc3ncnc4nc[nH]c34)cc(Cl)c3cncn23)c1. The Hall–Kier alpha value is -3.52. The van der Waals surface area contributed by atoms with Crippen molar-refractivity contribution in [2.75, 3.05) is 11.9 Å². The van der Waals surface area contributed by atoms with Crippen LogP contribution in [-0.4, -0.2) is 35.9 Å². The Balaban J connectivity index is 1.41. The van der Waals surface area contributed by atoms with E-state index in [9.17, 15) is 4.39 Å². The molecule has 2 N–H and O–H groups in total. The molecule has 0 aliphatic heterocycles. The summed E-state index contributed by atoms with van der Waals surface area (Å²) in [5.74, 6) is 0.432. The molecule has 150 valence electrons. The molecule has 1 aromatic carbocycles. The third-order valence-electron chi connectivity index (χ3n) is 4.97. The molecule has 0 aliphatic rings. The molecule has 0 saturated carbocycles. The largest absolute Gasteiger partial charge is 0.368 e. The highest BCUT2D eigenvalue weighted by molar-refractivity contribution is 6.34. The first kappa shape index (κ1) is 18.5. The van der Waals surface area contributed by atoms with E-state index in [0.717, 1.165) is 40.7 Å². The average Bonchev–Trinajstić information content (AvgIpc) is 3.41. The van der Waals surface area contributed by atoms with Crippen LogP contribution in [0.5, 0.6) is 0 Å². The highest BCUT2D eigenvalue weighted by atomic mass is 35.5. The second-order valence-corrected chi connectivity index (χ2v) is 7.29. The monoisotopic (exact) mass is 421 g/mol. The van der Waals surface area contributed by atoms with Crippen LogP contribution in [0.1, 0.15) is 12.0 Å². The van der Waals surface area contributed by atoms with Crippen LogP contribution in [0.15, 0.2) is 55.5 Å². The number of pyridine rings is 1. The number of rotatable bonds is 6. The number of aromatic nitrogens is 6. The minimum atomic E-state index is -0.282. The number of imidazole rings is 2. The van der Waals surface area contributed by atoms with E-state index < -0.39 is 0 Å². The van der Waals surface area contributed by atoms with Gasteiger partial charge in [-0.15, -0.1) is 0 Å². The van der Waals surface area contributed by atoms with Crippen molar-refractivity contribution in [3.8, 4) is 11.3 Å². The summed E-state index contributed by atoms with van der Waals surface area (Å²) in [5, 5.41) is 3.94. The van der Waals surface area contributed by atoms with Crippen LogP contribution in [0.4, 0.5) is 10.2 Å². The molecule has 0 fully saturated rings. The number of hydrogen-bond donors (Lipinski definition) is 2. The van der Waals surface area contributed by atoms with Gasteiger partial charge >= 0.3 is 0 Å². The van der Waals surface area contributed by atoms with Crippen LogP contribution in [0.25, 0.3) is 27.9 Å². The predicted octanol–water partition coefficient (Wildman–Crippen LogP) is 4.50. The van der Waals surface area contributed by atoms with E-state index in [1.54, 1.807) is 24.9 Å². The van der Waals surface area contributed by atoms with Crippen molar-refractivity contribution in [1.82, 2.24) is 29.3 Å². The van der Waals surface area contributed by atoms with Gasteiger partial charge in [-0.25, -0.2) is 24.3 Å². The molecule has 5 rings (SSSR count). The predicted molar refractivity (Wildman–Crippen MR) is 114 cm³/mol. The van der Waals surface area contributed by atoms with E-state index in [1.165, 1.54) is 18.5 Å². The van der Waals surface area contributed by atoms with Gasteiger partial charge in [0, 0.05) is 12.1 Å². The smallest absolute Gasteiger partial charge is 0.182 e. The van der Waals surface area contributed by atoms with E-state index in [1.807, 2.05) is 16.5 Å². The summed E-state index contributed by atoms with van der Waals surface area (Å²) in [6.07, 6.45) is 8.06. The summed E-state index contributed by atoms with van der Waals surface area (Å²) in [5.41, 5.74) is 4.89. The molecule has 0 saturated heterocycles. The van der Waals surface area contributed by atoms with Gasteiger partial charge in [0.25, 0.3) is 0 Å². The first-order chi connectivity index (χ1) is 14.7. The van der Waals surface area contributed by atoms with Crippen LogP contribution >= 0.6 is 11.6 Å². The van der Waals surface area contributed by atoms with Crippen molar-refractivity contribution in [1.29, 1.82) is 0 Å². The van der Waals surface area contributed by atoms with Crippen LogP contribution in [0.2, 0.25) is 5.02 Å². The second kappa shape index (κ2) is 7.72. The number of fused-ring (bicyclic) bond motifs is 2. The van der Waals surface area contributed by atoms with Crippen LogP contribution in [-0.2, 0) is 6.42 Å². The van der Waals surface area contributed by atoms with Gasteiger partial charge in [-0.05, 0) is 36.6 Å². The maximum atomic E-state index is 13.9. The number of aryl methyl sites for hydroxylation is 1. The van der Waals surface area contributed by atoms with Crippen molar-refractivity contribution in [2.45, 2.75) is 12.8 Å². The Kier molecular flexibility index (Phi) is 4.76. The van der Waals surface area contributed by atoms with Crippen molar-refractivity contribution < 1.29 is 4.39 Å². The quantitative estimate of drug-likeness (QED) is 0.394. The van der Waals surface area contributed by atoms with Gasteiger partial charge in [-0.1, -0.05) is 23.7 Å². The van der Waals surface area contributed by atoms with E-state index >= 15 is 0 Å². The Morgan fingerprint density at radius 3 is 3.00 bits per heavy atom. The third-order valence-corrected chi connectivity index (χ3v) is 5.27. The summed E-state index contributed by atoms with van der Waals surface area (Å²) in [6, 6.07) is 8.50. The average molecular weight is 422 g/mol. The van der Waals surface area contributed by atoms with Crippen molar-refractivity contribution >= 4 is 34.1 Å². The van der Waals surface area contributed by atoms with Crippen molar-refractivity contribution in [2.24, 2.45) is 0 Å². The summed E-state index contributed by atoms with van der Waals surface area (Å²) in [7, 11) is 0. The molecule has 0 bridgehead atoms. The number of anilines is 1. The van der Waals surface area contributed by atoms with Gasteiger partial charge < -0.3 is 10.3 Å². The Bertz CT molecular complexity index is 1340. The van der Waals surface area contributed by atoms with Gasteiger partial charge in [0.1, 0.15) is 17.7 Å². The first-order valence-electron chi connectivity index (χ1n) is 9.48. The lowest BCUT2D eigenvalue weighted by Gasteiger charge is -2.15. The Morgan fingerprint density at radius 2 is 2.10 bits per heavy atom. The lowest BCUT2D eigenvalue weighted by atomic mass is 10.0. The number of benzene rings is 1. The van der Waals surface area contributed by atoms with Crippen molar-refractivity contribution in [3.05, 3.63) is 71.9 Å². The van der Waals surface area contributed by atoms with Crippen molar-refractivity contribution in [3.63, 3.8) is 0 Å². The van der Waals surface area contributed by atoms with Gasteiger partial charge in [0.2, 0.25) is 0 Å². The highest BCUT2D eigenvalue weighted by Crippen LogP contribution is 2.31. The maximum Gasteiger partial charge on any atom is 0.182 e.